The van der Waals surface area contributed by atoms with E-state index >= 15 is 0 Å². The van der Waals surface area contributed by atoms with Gasteiger partial charge < -0.3 is 29.8 Å². The first-order valence-corrected chi connectivity index (χ1v) is 8.98. The van der Waals surface area contributed by atoms with Crippen molar-refractivity contribution < 1.29 is 51.0 Å². The number of hydrogen-bond acceptors (Lipinski definition) is 0. The number of hydrogen-bond donors (Lipinski definition) is 1. The Morgan fingerprint density at radius 2 is 1.46 bits per heavy atom. The zero-order valence-corrected chi connectivity index (χ0v) is 22.2. The molecule has 0 fully saturated rings. The average Bonchev–Trinajstić information content (AvgIpc) is 3.14. The third kappa shape index (κ3) is 7.70. The summed E-state index contributed by atoms with van der Waals surface area (Å²) in [6, 6.07) is 8.33. The van der Waals surface area contributed by atoms with Crippen LogP contribution in [-0.4, -0.2) is 4.98 Å². The number of H-pyrrole nitrogens is 1. The molecule has 0 radical (unpaired) electrons. The molecule has 0 spiro atoms. The normalized spacial score (nSPS) is 11.9. The number of fused-ring (bicyclic) bond motifs is 1. The fourth-order valence-electron chi connectivity index (χ4n) is 2.85. The number of rotatable bonds is 0. The fraction of sp³-hybridized carbons (Fsp3) is 0.417. The third-order valence-corrected chi connectivity index (χ3v) is 4.31. The molecule has 1 aromatic heterocycles. The molecule has 28 heavy (non-hydrogen) atoms. The molecule has 0 atom stereocenters. The van der Waals surface area contributed by atoms with Crippen LogP contribution in [0.4, 0.5) is 0 Å². The van der Waals surface area contributed by atoms with Crippen molar-refractivity contribution in [1.82, 2.24) is 4.98 Å². The molecule has 0 bridgehead atoms. The smallest absolute Gasteiger partial charge is 1.00 e. The van der Waals surface area contributed by atoms with Gasteiger partial charge >= 0.3 is 26.2 Å². The second kappa shape index (κ2) is 11.6. The third-order valence-electron chi connectivity index (χ3n) is 4.31. The molecule has 0 saturated heterocycles. The largest absolute Gasteiger partial charge is 4.00 e. The van der Waals surface area contributed by atoms with Crippen LogP contribution in [0.1, 0.15) is 66.5 Å². The van der Waals surface area contributed by atoms with Crippen LogP contribution in [0.2, 0.25) is 0 Å². The van der Waals surface area contributed by atoms with Gasteiger partial charge in [0.05, 0.1) is 0 Å². The predicted octanol–water partition coefficient (Wildman–Crippen LogP) is -1.11. The van der Waals surface area contributed by atoms with E-state index in [4.69, 9.17) is 0 Å². The Kier molecular flexibility index (Phi) is 12.3. The summed E-state index contributed by atoms with van der Waals surface area (Å²) in [7, 11) is 0. The molecule has 2 aromatic rings. The van der Waals surface area contributed by atoms with Crippen LogP contribution in [0.15, 0.2) is 41.6 Å². The van der Waals surface area contributed by atoms with E-state index in [1.165, 1.54) is 32.7 Å². The summed E-state index contributed by atoms with van der Waals surface area (Å²) in [6.07, 6.45) is 10.8. The molecular weight excluding hydrogens is 464 g/mol. The first-order chi connectivity index (χ1) is 11.5. The Morgan fingerprint density at radius 1 is 0.893 bits per heavy atom. The summed E-state index contributed by atoms with van der Waals surface area (Å²) in [5.41, 5.74) is 5.63. The molecule has 0 unspecified atom stereocenters. The van der Waals surface area contributed by atoms with Gasteiger partial charge in [0.1, 0.15) is 0 Å². The minimum atomic E-state index is 0. The van der Waals surface area contributed by atoms with Crippen molar-refractivity contribution in [2.75, 3.05) is 0 Å². The van der Waals surface area contributed by atoms with Gasteiger partial charge in [0.15, 0.2) is 0 Å². The zero-order valence-electron chi connectivity index (χ0n) is 18.2. The second-order valence-electron chi connectivity index (χ2n) is 8.97. The van der Waals surface area contributed by atoms with E-state index in [2.05, 4.69) is 103 Å². The van der Waals surface area contributed by atoms with Gasteiger partial charge in [0.25, 0.3) is 0 Å². The van der Waals surface area contributed by atoms with Crippen LogP contribution >= 0.6 is 0 Å². The zero-order chi connectivity index (χ0) is 18.8. The average molecular weight is 496 g/mol. The van der Waals surface area contributed by atoms with Crippen LogP contribution in [0, 0.1) is 6.20 Å². The van der Waals surface area contributed by atoms with Crippen LogP contribution < -0.4 is 35.3 Å². The summed E-state index contributed by atoms with van der Waals surface area (Å²) < 4.78 is 0. The molecule has 1 aliphatic carbocycles. The molecule has 3 rings (SSSR count). The van der Waals surface area contributed by atoms with Gasteiger partial charge in [-0.15, -0.1) is 57.8 Å². The molecule has 1 aromatic carbocycles. The summed E-state index contributed by atoms with van der Waals surface area (Å²) >= 11 is 0. The van der Waals surface area contributed by atoms with Crippen LogP contribution in [0.5, 0.6) is 0 Å². The maximum absolute atomic E-state index is 3.36. The van der Waals surface area contributed by atoms with Gasteiger partial charge in [-0.05, 0) is 5.41 Å². The topological polar surface area (TPSA) is 15.8 Å². The Balaban J connectivity index is 0. The SMILES string of the molecule is CC(C)(C)c1[c-][nH]cc1C(C)(C)C.CC(C)=C1[C-]=c2ccccc2=C1.[Cl-].[Cl-].[Zr+4]. The van der Waals surface area contributed by atoms with E-state index in [0.717, 1.165) is 0 Å². The standard InChI is InChI=1S/C12H20N.C12H11.2ClH.Zr/c1-11(2,3)9-7-13-8-10(9)12(4,5)6;1-9(2)12-7-10-5-3-4-6-11(10)8-12;;;/h7,13H,1-6H3;3-7H,1-2H3;2*1H;/q2*-1;;;+4/p-2. The number of nitrogens with one attached hydrogen (secondary N) is 1. The van der Waals surface area contributed by atoms with Crippen molar-refractivity contribution in [3.63, 3.8) is 0 Å². The minimum Gasteiger partial charge on any atom is -1.00 e. The number of benzene rings is 1. The molecule has 150 valence electrons. The van der Waals surface area contributed by atoms with E-state index in [1.54, 1.807) is 0 Å². The summed E-state index contributed by atoms with van der Waals surface area (Å²) in [4.78, 5) is 3.09. The van der Waals surface area contributed by atoms with Gasteiger partial charge in [0.2, 0.25) is 0 Å². The van der Waals surface area contributed by atoms with Crippen molar-refractivity contribution in [2.45, 2.75) is 66.2 Å². The minimum absolute atomic E-state index is 0. The van der Waals surface area contributed by atoms with Crippen LogP contribution in [0.3, 0.4) is 0 Å². The van der Waals surface area contributed by atoms with E-state index in [1.807, 2.05) is 6.07 Å². The predicted molar refractivity (Wildman–Crippen MR) is 109 cm³/mol. The molecule has 1 heterocycles. The number of halogens is 2. The van der Waals surface area contributed by atoms with Crippen molar-refractivity contribution in [3.8, 4) is 0 Å². The Morgan fingerprint density at radius 3 is 1.89 bits per heavy atom. The molecular formula is C24H31Cl2NZr. The Labute approximate surface area is 202 Å². The molecule has 0 saturated carbocycles. The molecule has 0 aliphatic heterocycles. The Hall–Kier alpha value is -0.557. The van der Waals surface area contributed by atoms with E-state index in [-0.39, 0.29) is 61.8 Å². The Bertz CT molecular complexity index is 824. The van der Waals surface area contributed by atoms with Crippen LogP contribution in [0.25, 0.3) is 12.2 Å². The van der Waals surface area contributed by atoms with Crippen molar-refractivity contribution >= 4 is 12.2 Å². The molecule has 0 amide bonds. The summed E-state index contributed by atoms with van der Waals surface area (Å²) in [5, 5.41) is 2.50. The van der Waals surface area contributed by atoms with Gasteiger partial charge in [-0.2, -0.15) is 5.56 Å². The van der Waals surface area contributed by atoms with Gasteiger partial charge in [-0.25, -0.2) is 0 Å². The van der Waals surface area contributed by atoms with Crippen molar-refractivity contribution in [3.05, 3.63) is 69.4 Å². The molecule has 1 nitrogen and oxygen atoms in total. The first kappa shape index (κ1) is 29.6. The second-order valence-corrected chi connectivity index (χ2v) is 8.97. The van der Waals surface area contributed by atoms with Gasteiger partial charge in [-0.3, -0.25) is 0 Å². The molecule has 4 heteroatoms. The van der Waals surface area contributed by atoms with Crippen molar-refractivity contribution in [1.29, 1.82) is 0 Å². The van der Waals surface area contributed by atoms with Gasteiger partial charge in [0, 0.05) is 0 Å². The summed E-state index contributed by atoms with van der Waals surface area (Å²) in [5.74, 6) is 0. The van der Waals surface area contributed by atoms with E-state index in [0.29, 0.717) is 0 Å². The monoisotopic (exact) mass is 493 g/mol. The van der Waals surface area contributed by atoms with Crippen LogP contribution in [-0.2, 0) is 37.0 Å². The first-order valence-electron chi connectivity index (χ1n) is 8.98. The molecule has 1 aliphatic rings. The number of aromatic amines is 1. The maximum atomic E-state index is 3.36. The number of aromatic nitrogens is 1. The van der Waals surface area contributed by atoms with Gasteiger partial charge in [-0.1, -0.05) is 79.0 Å². The van der Waals surface area contributed by atoms with E-state index in [9.17, 15) is 0 Å². The molecule has 1 N–H and O–H groups in total. The quantitative estimate of drug-likeness (QED) is 0.447. The summed E-state index contributed by atoms with van der Waals surface area (Å²) in [6.45, 7) is 17.6. The maximum Gasteiger partial charge on any atom is 4.00 e. The van der Waals surface area contributed by atoms with E-state index < -0.39 is 0 Å². The number of allylic oxidation sites excluding steroid dienone is 2. The fourth-order valence-corrected chi connectivity index (χ4v) is 2.85. The van der Waals surface area contributed by atoms with Crippen molar-refractivity contribution in [2.24, 2.45) is 0 Å².